The summed E-state index contributed by atoms with van der Waals surface area (Å²) in [6.07, 6.45) is 4.53. The molecule has 112 valence electrons. The van der Waals surface area contributed by atoms with E-state index in [-0.39, 0.29) is 5.82 Å². The monoisotopic (exact) mass is 278 g/mol. The topological polar surface area (TPSA) is 15.3 Å². The smallest absolute Gasteiger partial charge is 0.146 e. The van der Waals surface area contributed by atoms with Crippen molar-refractivity contribution >= 4 is 5.69 Å². The number of anilines is 1. The molecule has 2 rings (SSSR count). The van der Waals surface area contributed by atoms with E-state index in [9.17, 15) is 4.39 Å². The Morgan fingerprint density at radius 2 is 2.10 bits per heavy atom. The Morgan fingerprint density at radius 3 is 2.75 bits per heavy atom. The van der Waals surface area contributed by atoms with Gasteiger partial charge >= 0.3 is 0 Å². The fraction of sp³-hybridized carbons (Fsp3) is 0.647. The van der Waals surface area contributed by atoms with Crippen molar-refractivity contribution in [2.45, 2.75) is 65.1 Å². The van der Waals surface area contributed by atoms with Gasteiger partial charge in [0.2, 0.25) is 0 Å². The number of hydrogen-bond acceptors (Lipinski definition) is 2. The lowest BCUT2D eigenvalue weighted by molar-refractivity contribution is 0.579. The van der Waals surface area contributed by atoms with E-state index in [1.807, 2.05) is 6.07 Å². The van der Waals surface area contributed by atoms with Crippen molar-refractivity contribution < 1.29 is 4.39 Å². The van der Waals surface area contributed by atoms with Crippen LogP contribution in [-0.4, -0.2) is 18.6 Å². The number of nitrogens with one attached hydrogen (secondary N) is 1. The van der Waals surface area contributed by atoms with E-state index in [2.05, 4.69) is 37.1 Å². The van der Waals surface area contributed by atoms with Crippen LogP contribution in [0.3, 0.4) is 0 Å². The van der Waals surface area contributed by atoms with E-state index in [4.69, 9.17) is 0 Å². The zero-order chi connectivity index (χ0) is 14.5. The molecular weight excluding hydrogens is 251 g/mol. The molecule has 0 spiro atoms. The van der Waals surface area contributed by atoms with Crippen LogP contribution in [-0.2, 0) is 6.54 Å². The first-order valence-electron chi connectivity index (χ1n) is 7.94. The summed E-state index contributed by atoms with van der Waals surface area (Å²) in [5, 5.41) is 3.32. The normalized spacial score (nSPS) is 22.5. The van der Waals surface area contributed by atoms with Gasteiger partial charge in [-0.05, 0) is 56.8 Å². The second-order valence-corrected chi connectivity index (χ2v) is 5.86. The molecule has 0 radical (unpaired) electrons. The number of benzene rings is 1. The molecule has 0 amide bonds. The maximum absolute atomic E-state index is 14.4. The van der Waals surface area contributed by atoms with Gasteiger partial charge in [-0.1, -0.05) is 19.9 Å². The van der Waals surface area contributed by atoms with E-state index in [0.717, 1.165) is 43.6 Å². The zero-order valence-corrected chi connectivity index (χ0v) is 13.0. The van der Waals surface area contributed by atoms with E-state index in [1.165, 1.54) is 6.42 Å². The molecule has 2 unspecified atom stereocenters. The van der Waals surface area contributed by atoms with Crippen LogP contribution < -0.4 is 10.2 Å². The molecule has 0 aromatic heterocycles. The van der Waals surface area contributed by atoms with Gasteiger partial charge in [0.05, 0.1) is 5.69 Å². The highest BCUT2D eigenvalue weighted by molar-refractivity contribution is 5.52. The molecule has 1 aliphatic heterocycles. The summed E-state index contributed by atoms with van der Waals surface area (Å²) < 4.78 is 14.4. The van der Waals surface area contributed by atoms with Crippen molar-refractivity contribution in [1.29, 1.82) is 0 Å². The Hall–Kier alpha value is -1.09. The summed E-state index contributed by atoms with van der Waals surface area (Å²) in [6.45, 7) is 8.25. The Bertz CT molecular complexity index is 433. The summed E-state index contributed by atoms with van der Waals surface area (Å²) in [5.41, 5.74) is 1.81. The molecule has 1 heterocycles. The van der Waals surface area contributed by atoms with Gasteiger partial charge in [0.1, 0.15) is 5.82 Å². The van der Waals surface area contributed by atoms with Gasteiger partial charge in [-0.2, -0.15) is 0 Å². The first-order valence-corrected chi connectivity index (χ1v) is 7.94. The Balaban J connectivity index is 2.12. The number of rotatable bonds is 6. The summed E-state index contributed by atoms with van der Waals surface area (Å²) in [6, 6.07) is 6.64. The summed E-state index contributed by atoms with van der Waals surface area (Å²) >= 11 is 0. The van der Waals surface area contributed by atoms with E-state index in [0.29, 0.717) is 12.1 Å². The Labute approximate surface area is 122 Å². The van der Waals surface area contributed by atoms with Crippen molar-refractivity contribution in [1.82, 2.24) is 5.32 Å². The molecule has 0 aliphatic carbocycles. The third-order valence-corrected chi connectivity index (χ3v) is 4.30. The maximum Gasteiger partial charge on any atom is 0.146 e. The van der Waals surface area contributed by atoms with Gasteiger partial charge in [-0.15, -0.1) is 0 Å². The molecule has 1 aromatic rings. The minimum absolute atomic E-state index is 0.0759. The van der Waals surface area contributed by atoms with Gasteiger partial charge in [0, 0.05) is 18.6 Å². The van der Waals surface area contributed by atoms with Crippen LogP contribution in [0.4, 0.5) is 10.1 Å². The van der Waals surface area contributed by atoms with Crippen LogP contribution in [0.5, 0.6) is 0 Å². The van der Waals surface area contributed by atoms with Crippen LogP contribution in [0.15, 0.2) is 18.2 Å². The SMILES string of the molecule is CCCNCc1ccc(N2C(C)CCC2CC)c(F)c1. The molecule has 3 heteroatoms. The minimum atomic E-state index is -0.0759. The maximum atomic E-state index is 14.4. The van der Waals surface area contributed by atoms with Crippen LogP contribution in [0.2, 0.25) is 0 Å². The Kier molecular flexibility index (Phi) is 5.41. The van der Waals surface area contributed by atoms with Crippen molar-refractivity contribution in [2.24, 2.45) is 0 Å². The zero-order valence-electron chi connectivity index (χ0n) is 13.0. The first kappa shape index (κ1) is 15.3. The van der Waals surface area contributed by atoms with Crippen molar-refractivity contribution in [3.8, 4) is 0 Å². The molecule has 2 nitrogen and oxygen atoms in total. The minimum Gasteiger partial charge on any atom is -0.363 e. The lowest BCUT2D eigenvalue weighted by Gasteiger charge is -2.30. The molecule has 1 saturated heterocycles. The Morgan fingerprint density at radius 1 is 1.30 bits per heavy atom. The van der Waals surface area contributed by atoms with Gasteiger partial charge < -0.3 is 10.2 Å². The molecule has 1 aromatic carbocycles. The van der Waals surface area contributed by atoms with E-state index >= 15 is 0 Å². The highest BCUT2D eigenvalue weighted by atomic mass is 19.1. The van der Waals surface area contributed by atoms with Crippen LogP contribution in [0.1, 0.15) is 52.0 Å². The molecule has 1 aliphatic rings. The largest absolute Gasteiger partial charge is 0.363 e. The second kappa shape index (κ2) is 7.07. The molecule has 20 heavy (non-hydrogen) atoms. The van der Waals surface area contributed by atoms with E-state index < -0.39 is 0 Å². The van der Waals surface area contributed by atoms with Gasteiger partial charge in [-0.25, -0.2) is 4.39 Å². The van der Waals surface area contributed by atoms with Crippen LogP contribution in [0, 0.1) is 5.82 Å². The summed E-state index contributed by atoms with van der Waals surface area (Å²) in [5.74, 6) is -0.0759. The molecule has 1 fully saturated rings. The summed E-state index contributed by atoms with van der Waals surface area (Å²) in [4.78, 5) is 2.28. The quantitative estimate of drug-likeness (QED) is 0.788. The lowest BCUT2D eigenvalue weighted by atomic mass is 10.1. The average Bonchev–Trinajstić information content (AvgIpc) is 2.80. The van der Waals surface area contributed by atoms with Gasteiger partial charge in [0.25, 0.3) is 0 Å². The number of hydrogen-bond donors (Lipinski definition) is 1. The highest BCUT2D eigenvalue weighted by Gasteiger charge is 2.30. The summed E-state index contributed by atoms with van der Waals surface area (Å²) in [7, 11) is 0. The molecule has 2 atom stereocenters. The predicted molar refractivity (Wildman–Crippen MR) is 83.7 cm³/mol. The van der Waals surface area contributed by atoms with Gasteiger partial charge in [0.15, 0.2) is 0 Å². The van der Waals surface area contributed by atoms with Gasteiger partial charge in [-0.3, -0.25) is 0 Å². The van der Waals surface area contributed by atoms with E-state index in [1.54, 1.807) is 6.07 Å². The molecule has 0 bridgehead atoms. The third kappa shape index (κ3) is 3.32. The third-order valence-electron chi connectivity index (χ3n) is 4.30. The highest BCUT2D eigenvalue weighted by Crippen LogP contribution is 2.33. The number of nitrogens with zero attached hydrogens (tertiary/aromatic N) is 1. The van der Waals surface area contributed by atoms with Crippen molar-refractivity contribution in [3.63, 3.8) is 0 Å². The van der Waals surface area contributed by atoms with Crippen LogP contribution >= 0.6 is 0 Å². The fourth-order valence-electron chi connectivity index (χ4n) is 3.19. The van der Waals surface area contributed by atoms with Crippen molar-refractivity contribution in [2.75, 3.05) is 11.4 Å². The average molecular weight is 278 g/mol. The molecule has 1 N–H and O–H groups in total. The number of halogens is 1. The second-order valence-electron chi connectivity index (χ2n) is 5.86. The fourth-order valence-corrected chi connectivity index (χ4v) is 3.19. The van der Waals surface area contributed by atoms with Crippen LogP contribution in [0.25, 0.3) is 0 Å². The predicted octanol–water partition coefficient (Wildman–Crippen LogP) is 4.09. The first-order chi connectivity index (χ1) is 9.67. The lowest BCUT2D eigenvalue weighted by Crippen LogP contribution is -2.34. The molecular formula is C17H27FN2. The van der Waals surface area contributed by atoms with Crippen molar-refractivity contribution in [3.05, 3.63) is 29.6 Å². The molecule has 0 saturated carbocycles. The standard InChI is InChI=1S/C17H27FN2/c1-4-10-19-12-14-7-9-17(16(18)11-14)20-13(3)6-8-15(20)5-2/h7,9,11,13,15,19H,4-6,8,10,12H2,1-3H3.